The van der Waals surface area contributed by atoms with Crippen LogP contribution < -0.4 is 0 Å². The molecule has 0 atom stereocenters. The Hall–Kier alpha value is 0.320. The smallest absolute Gasteiger partial charge is 0.0223 e. The lowest BCUT2D eigenvalue weighted by Crippen LogP contribution is -1.75. The Morgan fingerprint density at radius 2 is 1.89 bits per heavy atom. The quantitative estimate of drug-likeness (QED) is 0.434. The van der Waals surface area contributed by atoms with Crippen molar-refractivity contribution in [3.05, 3.63) is 11.6 Å². The second-order valence-electron chi connectivity index (χ2n) is 1.90. The van der Waals surface area contributed by atoms with Gasteiger partial charge in [-0.1, -0.05) is 24.1 Å². The molecular weight excluding hydrogens is 155 g/mol. The Morgan fingerprint density at radius 3 is 2.44 bits per heavy atom. The lowest BCUT2D eigenvalue weighted by molar-refractivity contribution is 0.733. The Kier molecular flexibility index (Phi) is 8.62. The van der Waals surface area contributed by atoms with Crippen LogP contribution in [0.25, 0.3) is 0 Å². The fraction of sp³-hybridized carbons (Fsp3) is 0.714. The van der Waals surface area contributed by atoms with E-state index in [1.165, 1.54) is 12.8 Å². The van der Waals surface area contributed by atoms with Gasteiger partial charge in [-0.2, -0.15) is 0 Å². The van der Waals surface area contributed by atoms with Crippen molar-refractivity contribution in [3.63, 3.8) is 0 Å². The molecular formula is C7H12Cl2. The van der Waals surface area contributed by atoms with Crippen molar-refractivity contribution in [2.75, 3.05) is 5.88 Å². The molecule has 0 spiro atoms. The van der Waals surface area contributed by atoms with Crippen LogP contribution in [0.4, 0.5) is 0 Å². The summed E-state index contributed by atoms with van der Waals surface area (Å²) in [5, 5.41) is 0. The summed E-state index contributed by atoms with van der Waals surface area (Å²) >= 11 is 10.8. The molecule has 0 fully saturated rings. The van der Waals surface area contributed by atoms with Gasteiger partial charge in [0.1, 0.15) is 0 Å². The maximum atomic E-state index is 5.47. The van der Waals surface area contributed by atoms with Gasteiger partial charge in [-0.3, -0.25) is 0 Å². The molecule has 0 N–H and O–H groups in total. The molecule has 0 rings (SSSR count). The van der Waals surface area contributed by atoms with E-state index in [0.717, 1.165) is 18.7 Å². The van der Waals surface area contributed by atoms with E-state index >= 15 is 0 Å². The molecule has 0 aliphatic rings. The largest absolute Gasteiger partial charge is 0.127 e. The topological polar surface area (TPSA) is 0 Å². The van der Waals surface area contributed by atoms with E-state index in [1.807, 2.05) is 6.08 Å². The number of alkyl halides is 1. The fourth-order valence-electron chi connectivity index (χ4n) is 0.596. The molecule has 0 aliphatic heterocycles. The molecule has 0 aromatic carbocycles. The van der Waals surface area contributed by atoms with Crippen molar-refractivity contribution in [2.45, 2.75) is 25.7 Å². The maximum Gasteiger partial charge on any atom is 0.0223 e. The predicted molar refractivity (Wildman–Crippen MR) is 44.2 cm³/mol. The summed E-state index contributed by atoms with van der Waals surface area (Å²) < 4.78 is 0. The van der Waals surface area contributed by atoms with E-state index in [9.17, 15) is 0 Å². The van der Waals surface area contributed by atoms with Crippen LogP contribution in [-0.2, 0) is 0 Å². The first-order chi connectivity index (χ1) is 4.41. The van der Waals surface area contributed by atoms with Gasteiger partial charge in [0.05, 0.1) is 0 Å². The molecule has 0 aromatic rings. The Balaban J connectivity index is 2.75. The van der Waals surface area contributed by atoms with E-state index < -0.39 is 0 Å². The van der Waals surface area contributed by atoms with Crippen molar-refractivity contribution in [1.82, 2.24) is 0 Å². The SMILES string of the molecule is ClC=CCCCCCCl. The van der Waals surface area contributed by atoms with Crippen LogP contribution in [0.3, 0.4) is 0 Å². The van der Waals surface area contributed by atoms with E-state index in [-0.39, 0.29) is 0 Å². The molecule has 0 radical (unpaired) electrons. The lowest BCUT2D eigenvalue weighted by Gasteiger charge is -1.91. The number of unbranched alkanes of at least 4 members (excludes halogenated alkanes) is 3. The predicted octanol–water partition coefficient (Wildman–Crippen LogP) is 3.54. The molecule has 0 nitrogen and oxygen atoms in total. The summed E-state index contributed by atoms with van der Waals surface area (Å²) in [6.07, 6.45) is 6.59. The molecule has 0 aliphatic carbocycles. The van der Waals surface area contributed by atoms with Gasteiger partial charge in [0.25, 0.3) is 0 Å². The highest BCUT2D eigenvalue weighted by molar-refractivity contribution is 6.25. The zero-order chi connectivity index (χ0) is 6.95. The molecule has 0 heterocycles. The minimum absolute atomic E-state index is 0.782. The van der Waals surface area contributed by atoms with Gasteiger partial charge in [0, 0.05) is 11.4 Å². The Labute approximate surface area is 66.8 Å². The molecule has 0 saturated heterocycles. The van der Waals surface area contributed by atoms with Crippen molar-refractivity contribution < 1.29 is 0 Å². The van der Waals surface area contributed by atoms with Gasteiger partial charge in [-0.05, 0) is 19.3 Å². The van der Waals surface area contributed by atoms with Gasteiger partial charge in [-0.15, -0.1) is 11.6 Å². The lowest BCUT2D eigenvalue weighted by atomic mass is 10.2. The Morgan fingerprint density at radius 1 is 1.11 bits per heavy atom. The summed E-state index contributed by atoms with van der Waals surface area (Å²) in [5.41, 5.74) is 1.57. The van der Waals surface area contributed by atoms with E-state index in [2.05, 4.69) is 0 Å². The van der Waals surface area contributed by atoms with Crippen LogP contribution in [-0.4, -0.2) is 5.88 Å². The molecule has 9 heavy (non-hydrogen) atoms. The summed E-state index contributed by atoms with van der Waals surface area (Å²) in [6.45, 7) is 0. The molecule has 0 amide bonds. The minimum Gasteiger partial charge on any atom is -0.127 e. The first-order valence-electron chi connectivity index (χ1n) is 3.23. The van der Waals surface area contributed by atoms with Crippen molar-refractivity contribution >= 4 is 23.2 Å². The molecule has 0 bridgehead atoms. The van der Waals surface area contributed by atoms with Gasteiger partial charge in [0.2, 0.25) is 0 Å². The van der Waals surface area contributed by atoms with Crippen LogP contribution in [0.2, 0.25) is 0 Å². The standard InChI is InChI=1S/C7H12Cl2/c8-6-4-2-1-3-5-7-9/h4,6H,1-3,5,7H2. The van der Waals surface area contributed by atoms with Gasteiger partial charge in [0.15, 0.2) is 0 Å². The van der Waals surface area contributed by atoms with Crippen LogP contribution in [0, 0.1) is 0 Å². The second-order valence-corrected chi connectivity index (χ2v) is 2.53. The average Bonchev–Trinajstić information content (AvgIpc) is 1.89. The monoisotopic (exact) mass is 166 g/mol. The van der Waals surface area contributed by atoms with Crippen LogP contribution in [0.1, 0.15) is 25.7 Å². The van der Waals surface area contributed by atoms with E-state index in [0.29, 0.717) is 0 Å². The third kappa shape index (κ3) is 8.32. The maximum absolute atomic E-state index is 5.47. The van der Waals surface area contributed by atoms with E-state index in [1.54, 1.807) is 5.54 Å². The van der Waals surface area contributed by atoms with Gasteiger partial charge < -0.3 is 0 Å². The third-order valence-electron chi connectivity index (χ3n) is 1.09. The summed E-state index contributed by atoms with van der Waals surface area (Å²) in [5.74, 6) is 0.782. The zero-order valence-corrected chi connectivity index (χ0v) is 6.96. The number of hydrogen-bond acceptors (Lipinski definition) is 0. The van der Waals surface area contributed by atoms with Crippen LogP contribution >= 0.6 is 23.2 Å². The molecule has 0 aromatic heterocycles. The van der Waals surface area contributed by atoms with Crippen LogP contribution in [0.15, 0.2) is 11.6 Å². The summed E-state index contributed by atoms with van der Waals surface area (Å²) in [4.78, 5) is 0. The molecule has 54 valence electrons. The number of allylic oxidation sites excluding steroid dienone is 1. The fourth-order valence-corrected chi connectivity index (χ4v) is 0.911. The van der Waals surface area contributed by atoms with Crippen molar-refractivity contribution in [1.29, 1.82) is 0 Å². The normalized spacial score (nSPS) is 10.9. The summed E-state index contributed by atoms with van der Waals surface area (Å²) in [6, 6.07) is 0. The average molecular weight is 167 g/mol. The van der Waals surface area contributed by atoms with Gasteiger partial charge in [-0.25, -0.2) is 0 Å². The first-order valence-corrected chi connectivity index (χ1v) is 4.20. The highest BCUT2D eigenvalue weighted by Gasteiger charge is 1.83. The highest BCUT2D eigenvalue weighted by Crippen LogP contribution is 2.01. The summed E-state index contributed by atoms with van der Waals surface area (Å²) in [7, 11) is 0. The first kappa shape index (κ1) is 9.32. The molecule has 2 heteroatoms. The second kappa shape index (κ2) is 8.32. The molecule has 0 saturated carbocycles. The number of rotatable bonds is 5. The third-order valence-corrected chi connectivity index (χ3v) is 1.54. The van der Waals surface area contributed by atoms with Crippen molar-refractivity contribution in [2.24, 2.45) is 0 Å². The molecule has 0 unspecified atom stereocenters. The number of hydrogen-bond donors (Lipinski definition) is 0. The number of halogens is 2. The zero-order valence-electron chi connectivity index (χ0n) is 5.45. The van der Waals surface area contributed by atoms with Crippen LogP contribution in [0.5, 0.6) is 0 Å². The van der Waals surface area contributed by atoms with Crippen molar-refractivity contribution in [3.8, 4) is 0 Å². The Bertz CT molecular complexity index is 69.3. The minimum atomic E-state index is 0.782. The van der Waals surface area contributed by atoms with E-state index in [4.69, 9.17) is 23.2 Å². The highest BCUT2D eigenvalue weighted by atomic mass is 35.5. The van der Waals surface area contributed by atoms with Gasteiger partial charge >= 0.3 is 0 Å².